The van der Waals surface area contributed by atoms with Crippen molar-refractivity contribution >= 4 is 5.91 Å². The van der Waals surface area contributed by atoms with Gasteiger partial charge in [-0.1, -0.05) is 39.0 Å². The Morgan fingerprint density at radius 3 is 2.47 bits per heavy atom. The van der Waals surface area contributed by atoms with Crippen molar-refractivity contribution in [3.05, 3.63) is 72.2 Å². The summed E-state index contributed by atoms with van der Waals surface area (Å²) in [5.74, 6) is 0.00777. The zero-order chi connectivity index (χ0) is 27.7. The Morgan fingerprint density at radius 2 is 1.84 bits per heavy atom. The Morgan fingerprint density at radius 1 is 1.13 bits per heavy atom. The highest BCUT2D eigenvalue weighted by atomic mass is 16.2. The highest BCUT2D eigenvalue weighted by molar-refractivity contribution is 5.89. The standard InChI is InChI=1S/C31H38N6O/c1-30(2,3)26-21-37-25(20-36(26)27(38)12-9-17-35(7)31(4,5)6)28(23-13-15-33-16-14-23)29(34-37)24-11-8-10-22(18-24)19-32/h8-16,18,26H,17,20-21H2,1-7H3/b12-9+/t26-/m0/s1. The molecule has 0 N–H and O–H groups in total. The van der Waals surface area contributed by atoms with Gasteiger partial charge in [0, 0.05) is 41.7 Å². The number of benzene rings is 1. The highest BCUT2D eigenvalue weighted by Gasteiger charge is 2.39. The van der Waals surface area contributed by atoms with E-state index in [0.29, 0.717) is 25.2 Å². The summed E-state index contributed by atoms with van der Waals surface area (Å²) in [6.45, 7) is 14.7. The maximum absolute atomic E-state index is 13.6. The fraction of sp³-hybridized carbons (Fsp3) is 0.419. The van der Waals surface area contributed by atoms with Gasteiger partial charge in [-0.05, 0) is 63.1 Å². The molecule has 0 unspecified atom stereocenters. The largest absolute Gasteiger partial charge is 0.328 e. The molecule has 7 heteroatoms. The predicted octanol–water partition coefficient (Wildman–Crippen LogP) is 5.53. The Labute approximate surface area is 226 Å². The monoisotopic (exact) mass is 510 g/mol. The van der Waals surface area contributed by atoms with E-state index in [-0.39, 0.29) is 22.9 Å². The van der Waals surface area contributed by atoms with Gasteiger partial charge in [0.1, 0.15) is 5.69 Å². The fourth-order valence-corrected chi connectivity index (χ4v) is 4.76. The number of pyridine rings is 1. The number of likely N-dealkylation sites (N-methyl/N-ethyl adjacent to an activating group) is 1. The normalized spacial score (nSPS) is 16.1. The summed E-state index contributed by atoms with van der Waals surface area (Å²) in [6.07, 6.45) is 7.22. The molecule has 1 atom stereocenters. The lowest BCUT2D eigenvalue weighted by Crippen LogP contribution is -2.52. The zero-order valence-electron chi connectivity index (χ0n) is 23.6. The number of amides is 1. The maximum Gasteiger partial charge on any atom is 0.246 e. The third kappa shape index (κ3) is 5.71. The quantitative estimate of drug-likeness (QED) is 0.422. The summed E-state index contributed by atoms with van der Waals surface area (Å²) in [4.78, 5) is 22.1. The Kier molecular flexibility index (Phi) is 7.57. The Balaban J connectivity index is 1.78. The molecule has 1 aliphatic rings. The van der Waals surface area contributed by atoms with Gasteiger partial charge in [0.05, 0.1) is 36.5 Å². The summed E-state index contributed by atoms with van der Waals surface area (Å²) in [5.41, 5.74) is 5.11. The van der Waals surface area contributed by atoms with Crippen molar-refractivity contribution in [3.8, 4) is 28.5 Å². The van der Waals surface area contributed by atoms with Gasteiger partial charge in [-0.2, -0.15) is 10.4 Å². The molecule has 198 valence electrons. The molecular formula is C31H38N6O. The summed E-state index contributed by atoms with van der Waals surface area (Å²) in [5, 5.41) is 14.6. The van der Waals surface area contributed by atoms with Gasteiger partial charge in [-0.15, -0.1) is 0 Å². The zero-order valence-corrected chi connectivity index (χ0v) is 23.6. The van der Waals surface area contributed by atoms with Crippen LogP contribution >= 0.6 is 0 Å². The number of nitrogens with zero attached hydrogens (tertiary/aromatic N) is 6. The molecule has 0 saturated heterocycles. The van der Waals surface area contributed by atoms with Crippen molar-refractivity contribution in [1.82, 2.24) is 24.6 Å². The average Bonchev–Trinajstić information content (AvgIpc) is 3.26. The molecule has 0 radical (unpaired) electrons. The van der Waals surface area contributed by atoms with E-state index in [4.69, 9.17) is 5.10 Å². The minimum atomic E-state index is -0.146. The first-order valence-corrected chi connectivity index (χ1v) is 13.1. The third-order valence-corrected chi connectivity index (χ3v) is 7.40. The molecule has 3 aromatic rings. The number of nitriles is 1. The lowest BCUT2D eigenvalue weighted by molar-refractivity contribution is -0.133. The van der Waals surface area contributed by atoms with Crippen LogP contribution in [-0.4, -0.2) is 55.6 Å². The molecule has 0 aliphatic carbocycles. The molecule has 1 aliphatic heterocycles. The van der Waals surface area contributed by atoms with E-state index in [2.05, 4.69) is 69.2 Å². The topological polar surface area (TPSA) is 78.1 Å². The highest BCUT2D eigenvalue weighted by Crippen LogP contribution is 2.40. The van der Waals surface area contributed by atoms with E-state index in [1.807, 2.05) is 41.3 Å². The van der Waals surface area contributed by atoms with E-state index in [9.17, 15) is 10.1 Å². The van der Waals surface area contributed by atoms with Gasteiger partial charge in [0.15, 0.2) is 0 Å². The Bertz CT molecular complexity index is 1370. The third-order valence-electron chi connectivity index (χ3n) is 7.40. The molecule has 2 aromatic heterocycles. The van der Waals surface area contributed by atoms with Crippen molar-refractivity contribution in [1.29, 1.82) is 5.26 Å². The van der Waals surface area contributed by atoms with Gasteiger partial charge in [-0.3, -0.25) is 19.4 Å². The van der Waals surface area contributed by atoms with Crippen molar-refractivity contribution in [3.63, 3.8) is 0 Å². The minimum absolute atomic E-state index is 0.00777. The van der Waals surface area contributed by atoms with Gasteiger partial charge >= 0.3 is 0 Å². The predicted molar refractivity (Wildman–Crippen MR) is 151 cm³/mol. The van der Waals surface area contributed by atoms with Gasteiger partial charge < -0.3 is 4.90 Å². The van der Waals surface area contributed by atoms with Crippen LogP contribution in [0, 0.1) is 16.7 Å². The van der Waals surface area contributed by atoms with E-state index in [1.54, 1.807) is 24.5 Å². The van der Waals surface area contributed by atoms with Crippen LogP contribution in [0.5, 0.6) is 0 Å². The number of rotatable bonds is 5. The summed E-state index contributed by atoms with van der Waals surface area (Å²) >= 11 is 0. The van der Waals surface area contributed by atoms with Crippen molar-refractivity contribution in [2.45, 2.75) is 66.2 Å². The molecule has 0 saturated carbocycles. The molecule has 3 heterocycles. The van der Waals surface area contributed by atoms with Gasteiger partial charge in [0.2, 0.25) is 5.91 Å². The van der Waals surface area contributed by atoms with Crippen LogP contribution in [0.2, 0.25) is 0 Å². The van der Waals surface area contributed by atoms with E-state index >= 15 is 0 Å². The van der Waals surface area contributed by atoms with Crippen molar-refractivity contribution in [2.75, 3.05) is 13.6 Å². The SMILES string of the molecule is CN(C/C=C/C(=O)N1Cc2c(-c3ccncc3)c(-c3cccc(C#N)c3)nn2C[C@H]1C(C)(C)C)C(C)(C)C. The second kappa shape index (κ2) is 10.5. The average molecular weight is 511 g/mol. The lowest BCUT2D eigenvalue weighted by atomic mass is 9.84. The van der Waals surface area contributed by atoms with Crippen molar-refractivity contribution < 1.29 is 4.79 Å². The number of hydrogen-bond acceptors (Lipinski definition) is 5. The first-order valence-electron chi connectivity index (χ1n) is 13.1. The van der Waals surface area contributed by atoms with Crippen LogP contribution in [0.25, 0.3) is 22.4 Å². The van der Waals surface area contributed by atoms with Gasteiger partial charge in [-0.25, -0.2) is 0 Å². The number of aromatic nitrogens is 3. The van der Waals surface area contributed by atoms with E-state index < -0.39 is 0 Å². The first kappa shape index (κ1) is 27.3. The second-order valence-electron chi connectivity index (χ2n) is 12.1. The van der Waals surface area contributed by atoms with Gasteiger partial charge in [0.25, 0.3) is 0 Å². The molecule has 7 nitrogen and oxygen atoms in total. The number of carbonyl (C=O) groups excluding carboxylic acids is 1. The molecular weight excluding hydrogens is 472 g/mol. The van der Waals surface area contributed by atoms with Crippen LogP contribution < -0.4 is 0 Å². The van der Waals surface area contributed by atoms with Crippen molar-refractivity contribution in [2.24, 2.45) is 5.41 Å². The summed E-state index contributed by atoms with van der Waals surface area (Å²) in [6, 6.07) is 13.7. The molecule has 1 aromatic carbocycles. The van der Waals surface area contributed by atoms with Crippen LogP contribution in [0.4, 0.5) is 0 Å². The molecule has 4 rings (SSSR count). The molecule has 0 bridgehead atoms. The number of fused-ring (bicyclic) bond motifs is 1. The summed E-state index contributed by atoms with van der Waals surface area (Å²) < 4.78 is 2.06. The maximum atomic E-state index is 13.6. The smallest absolute Gasteiger partial charge is 0.246 e. The Hall–Kier alpha value is -3.76. The molecule has 1 amide bonds. The molecule has 0 spiro atoms. The summed E-state index contributed by atoms with van der Waals surface area (Å²) in [7, 11) is 2.07. The number of carbonyl (C=O) groups is 1. The van der Waals surface area contributed by atoms with Crippen LogP contribution in [-0.2, 0) is 17.9 Å². The number of hydrogen-bond donors (Lipinski definition) is 0. The second-order valence-corrected chi connectivity index (χ2v) is 12.1. The molecule has 0 fully saturated rings. The molecule has 38 heavy (non-hydrogen) atoms. The van der Waals surface area contributed by atoms with E-state index in [0.717, 1.165) is 28.1 Å². The minimum Gasteiger partial charge on any atom is -0.328 e. The van der Waals surface area contributed by atoms with Crippen LogP contribution in [0.1, 0.15) is 52.8 Å². The fourth-order valence-electron chi connectivity index (χ4n) is 4.76. The first-order chi connectivity index (χ1) is 17.9. The van der Waals surface area contributed by atoms with E-state index in [1.165, 1.54) is 0 Å². The lowest BCUT2D eigenvalue weighted by Gasteiger charge is -2.43. The van der Waals surface area contributed by atoms with Crippen LogP contribution in [0.3, 0.4) is 0 Å². The van der Waals surface area contributed by atoms with Crippen LogP contribution in [0.15, 0.2) is 60.9 Å².